The lowest BCUT2D eigenvalue weighted by Crippen LogP contribution is -2.37. The van der Waals surface area contributed by atoms with E-state index in [4.69, 9.17) is 4.74 Å². The van der Waals surface area contributed by atoms with Gasteiger partial charge < -0.3 is 15.4 Å². The molecule has 1 aromatic heterocycles. The van der Waals surface area contributed by atoms with Crippen molar-refractivity contribution in [1.29, 1.82) is 0 Å². The first-order valence-electron chi connectivity index (χ1n) is 8.47. The van der Waals surface area contributed by atoms with Gasteiger partial charge in [0.2, 0.25) is 0 Å². The molecule has 0 unspecified atom stereocenters. The molecular weight excluding hydrogens is 318 g/mol. The lowest BCUT2D eigenvalue weighted by molar-refractivity contribution is 0.0520. The van der Waals surface area contributed by atoms with Crippen molar-refractivity contribution in [3.05, 3.63) is 42.5 Å². The van der Waals surface area contributed by atoms with Crippen molar-refractivity contribution in [3.8, 4) is 5.69 Å². The number of rotatable bonds is 7. The van der Waals surface area contributed by atoms with Crippen LogP contribution >= 0.6 is 0 Å². The maximum Gasteiger partial charge on any atom is 0.407 e. The number of alkyl carbamates (subject to hydrolysis) is 1. The van der Waals surface area contributed by atoms with Crippen LogP contribution in [0.15, 0.2) is 36.7 Å². The van der Waals surface area contributed by atoms with Crippen molar-refractivity contribution in [2.45, 2.75) is 39.8 Å². The van der Waals surface area contributed by atoms with Gasteiger partial charge in [-0.15, -0.1) is 10.2 Å². The average molecular weight is 345 g/mol. The van der Waals surface area contributed by atoms with E-state index in [9.17, 15) is 4.79 Å². The molecule has 0 aliphatic carbocycles. The van der Waals surface area contributed by atoms with Crippen molar-refractivity contribution in [2.24, 2.45) is 5.92 Å². The Labute approximate surface area is 148 Å². The molecule has 2 rings (SSSR count). The number of nitrogens with zero attached hydrogens (tertiary/aromatic N) is 3. The van der Waals surface area contributed by atoms with Crippen LogP contribution in [0.3, 0.4) is 0 Å². The third-order valence-corrected chi connectivity index (χ3v) is 3.42. The van der Waals surface area contributed by atoms with Crippen LogP contribution in [0.1, 0.15) is 33.5 Å². The quantitative estimate of drug-likeness (QED) is 0.806. The summed E-state index contributed by atoms with van der Waals surface area (Å²) in [6, 6.07) is 9.97. The maximum atomic E-state index is 11.6. The number of amides is 1. The molecule has 0 aliphatic rings. The molecule has 25 heavy (non-hydrogen) atoms. The minimum Gasteiger partial charge on any atom is -0.444 e. The van der Waals surface area contributed by atoms with Crippen LogP contribution in [0.4, 0.5) is 4.79 Å². The second-order valence-corrected chi connectivity index (χ2v) is 7.07. The Balaban J connectivity index is 1.74. The number of hydrogen-bond acceptors (Lipinski definition) is 5. The number of nitrogens with one attached hydrogen (secondary N) is 2. The summed E-state index contributed by atoms with van der Waals surface area (Å²) in [6.07, 6.45) is 1.32. The minimum absolute atomic E-state index is 0.264. The molecule has 2 N–H and O–H groups in total. The van der Waals surface area contributed by atoms with E-state index in [1.807, 2.05) is 55.7 Å². The molecule has 1 amide bonds. The summed E-state index contributed by atoms with van der Waals surface area (Å²) in [5.41, 5.74) is 0.552. The number of para-hydroxylation sites is 1. The van der Waals surface area contributed by atoms with Gasteiger partial charge in [-0.1, -0.05) is 25.1 Å². The number of carbonyl (C=O) groups excluding carboxylic acids is 1. The van der Waals surface area contributed by atoms with Gasteiger partial charge in [-0.25, -0.2) is 4.79 Å². The highest BCUT2D eigenvalue weighted by molar-refractivity contribution is 5.67. The number of carbonyl (C=O) groups is 1. The third-order valence-electron chi connectivity index (χ3n) is 3.42. The van der Waals surface area contributed by atoms with Crippen molar-refractivity contribution >= 4 is 6.09 Å². The molecule has 0 saturated heterocycles. The van der Waals surface area contributed by atoms with Gasteiger partial charge in [-0.3, -0.25) is 4.57 Å². The van der Waals surface area contributed by atoms with Gasteiger partial charge >= 0.3 is 6.09 Å². The molecule has 2 aromatic rings. The highest BCUT2D eigenvalue weighted by Crippen LogP contribution is 2.09. The standard InChI is InChI=1S/C18H27N5O2/c1-14(11-20-17(24)25-18(2,3)4)10-19-12-16-22-21-13-23(16)15-8-6-5-7-9-15/h5-9,13-14,19H,10-12H2,1-4H3,(H,20,24)/t14-/m0/s1. The van der Waals surface area contributed by atoms with Crippen molar-refractivity contribution in [2.75, 3.05) is 13.1 Å². The van der Waals surface area contributed by atoms with Crippen LogP contribution in [0.25, 0.3) is 5.69 Å². The normalized spacial score (nSPS) is 12.6. The lowest BCUT2D eigenvalue weighted by Gasteiger charge is -2.21. The fraction of sp³-hybridized carbons (Fsp3) is 0.500. The second kappa shape index (κ2) is 8.62. The SMILES string of the molecule is C[C@@H](CNCc1nncn1-c1ccccc1)CNC(=O)OC(C)(C)C. The predicted octanol–water partition coefficient (Wildman–Crippen LogP) is 2.52. The first-order chi connectivity index (χ1) is 11.8. The summed E-state index contributed by atoms with van der Waals surface area (Å²) < 4.78 is 7.18. The summed E-state index contributed by atoms with van der Waals surface area (Å²) in [4.78, 5) is 11.6. The van der Waals surface area contributed by atoms with Gasteiger partial charge in [0.25, 0.3) is 0 Å². The molecule has 1 aromatic carbocycles. The highest BCUT2D eigenvalue weighted by atomic mass is 16.6. The zero-order valence-electron chi connectivity index (χ0n) is 15.3. The molecule has 1 heterocycles. The van der Waals surface area contributed by atoms with Crippen molar-refractivity contribution < 1.29 is 9.53 Å². The van der Waals surface area contributed by atoms with Crippen LogP contribution in [0.5, 0.6) is 0 Å². The van der Waals surface area contributed by atoms with E-state index in [1.165, 1.54) is 0 Å². The topological polar surface area (TPSA) is 81.1 Å². The fourth-order valence-electron chi connectivity index (χ4n) is 2.26. The number of hydrogen-bond donors (Lipinski definition) is 2. The smallest absolute Gasteiger partial charge is 0.407 e. The Hall–Kier alpha value is -2.41. The van der Waals surface area contributed by atoms with Crippen LogP contribution in [0.2, 0.25) is 0 Å². The van der Waals surface area contributed by atoms with E-state index < -0.39 is 5.60 Å². The summed E-state index contributed by atoms with van der Waals surface area (Å²) in [5, 5.41) is 14.3. The Morgan fingerprint density at radius 3 is 2.64 bits per heavy atom. The Bertz CT molecular complexity index is 664. The summed E-state index contributed by atoms with van der Waals surface area (Å²) in [5.74, 6) is 1.11. The van der Waals surface area contributed by atoms with E-state index in [0.29, 0.717) is 13.1 Å². The molecule has 7 heteroatoms. The summed E-state index contributed by atoms with van der Waals surface area (Å²) in [7, 11) is 0. The van der Waals surface area contributed by atoms with Crippen LogP contribution in [0, 0.1) is 5.92 Å². The number of benzene rings is 1. The predicted molar refractivity (Wildman–Crippen MR) is 96.5 cm³/mol. The largest absolute Gasteiger partial charge is 0.444 e. The molecule has 0 fully saturated rings. The molecule has 0 aliphatic heterocycles. The van der Waals surface area contributed by atoms with Crippen molar-refractivity contribution in [1.82, 2.24) is 25.4 Å². The van der Waals surface area contributed by atoms with E-state index in [0.717, 1.165) is 18.1 Å². The molecule has 0 radical (unpaired) electrons. The highest BCUT2D eigenvalue weighted by Gasteiger charge is 2.16. The van der Waals surface area contributed by atoms with Gasteiger partial charge in [0.15, 0.2) is 5.82 Å². The van der Waals surface area contributed by atoms with Crippen LogP contribution in [-0.4, -0.2) is 39.5 Å². The van der Waals surface area contributed by atoms with Crippen molar-refractivity contribution in [3.63, 3.8) is 0 Å². The number of ether oxygens (including phenoxy) is 1. The monoisotopic (exact) mass is 345 g/mol. The van der Waals surface area contributed by atoms with E-state index in [2.05, 4.69) is 27.8 Å². The minimum atomic E-state index is -0.479. The van der Waals surface area contributed by atoms with Crippen LogP contribution < -0.4 is 10.6 Å². The maximum absolute atomic E-state index is 11.6. The van der Waals surface area contributed by atoms with Gasteiger partial charge in [0, 0.05) is 12.2 Å². The van der Waals surface area contributed by atoms with E-state index >= 15 is 0 Å². The second-order valence-electron chi connectivity index (χ2n) is 7.07. The zero-order chi connectivity index (χ0) is 18.3. The van der Waals surface area contributed by atoms with Gasteiger partial charge in [0.05, 0.1) is 6.54 Å². The first-order valence-corrected chi connectivity index (χ1v) is 8.47. The van der Waals surface area contributed by atoms with E-state index in [-0.39, 0.29) is 12.0 Å². The molecule has 136 valence electrons. The molecule has 0 saturated carbocycles. The van der Waals surface area contributed by atoms with Gasteiger partial charge in [0.1, 0.15) is 11.9 Å². The summed E-state index contributed by atoms with van der Waals surface area (Å²) in [6.45, 7) is 9.50. The summed E-state index contributed by atoms with van der Waals surface area (Å²) >= 11 is 0. The van der Waals surface area contributed by atoms with Gasteiger partial charge in [-0.05, 0) is 45.4 Å². The molecule has 0 bridgehead atoms. The molecular formula is C18H27N5O2. The molecule has 0 spiro atoms. The van der Waals surface area contributed by atoms with Gasteiger partial charge in [-0.2, -0.15) is 0 Å². The molecule has 1 atom stereocenters. The lowest BCUT2D eigenvalue weighted by atomic mass is 10.2. The zero-order valence-corrected chi connectivity index (χ0v) is 15.3. The fourth-order valence-corrected chi connectivity index (χ4v) is 2.26. The Morgan fingerprint density at radius 2 is 1.96 bits per heavy atom. The first kappa shape index (κ1) is 18.9. The van der Waals surface area contributed by atoms with Crippen LogP contribution in [-0.2, 0) is 11.3 Å². The third kappa shape index (κ3) is 6.54. The number of aromatic nitrogens is 3. The Kier molecular flexibility index (Phi) is 6.52. The Morgan fingerprint density at radius 1 is 1.24 bits per heavy atom. The van der Waals surface area contributed by atoms with E-state index in [1.54, 1.807) is 6.33 Å². The molecule has 7 nitrogen and oxygen atoms in total. The average Bonchev–Trinajstić information content (AvgIpc) is 3.01.